The average molecular weight is 2150 g/mol. The van der Waals surface area contributed by atoms with Crippen molar-refractivity contribution in [3.8, 4) is 40.2 Å². The van der Waals surface area contributed by atoms with Gasteiger partial charge in [-0.2, -0.15) is 95.8 Å². The van der Waals surface area contributed by atoms with E-state index >= 15 is 0 Å². The van der Waals surface area contributed by atoms with Gasteiger partial charge >= 0.3 is 29.6 Å². The number of thioether (sulfide) groups is 6. The molecule has 0 saturated carbocycles. The number of fused-ring (bicyclic) bond motifs is 8. The Balaban J connectivity index is 0.00000181. The van der Waals surface area contributed by atoms with E-state index in [-0.39, 0.29) is 111 Å². The van der Waals surface area contributed by atoms with Gasteiger partial charge in [0.1, 0.15) is 40.2 Å². The quantitative estimate of drug-likeness (QED) is 0.0141. The average Bonchev–Trinajstić information content (AvgIpc) is 0.842. The van der Waals surface area contributed by atoms with Gasteiger partial charge in [0.25, 0.3) is 0 Å². The Morgan fingerprint density at radius 3 is 0.921 bits per heavy atom. The summed E-state index contributed by atoms with van der Waals surface area (Å²) in [5, 5.41) is 89.6. The number of aliphatic hydroxyl groups excluding tert-OH is 1. The minimum absolute atomic E-state index is 0. The molecule has 0 spiro atoms. The third-order valence-corrected chi connectivity index (χ3v) is 31.0. The summed E-state index contributed by atoms with van der Waals surface area (Å²) >= 11 is 22.2. The number of benzene rings is 7. The second kappa shape index (κ2) is 62.8. The zero-order valence-electron chi connectivity index (χ0n) is 91.2. The van der Waals surface area contributed by atoms with Gasteiger partial charge in [0, 0.05) is 174 Å². The normalized spacial score (nSPS) is 14.9. The zero-order chi connectivity index (χ0) is 105. The maximum atomic E-state index is 11.4. The number of aliphatic hydroxyl groups is 1. The van der Waals surface area contributed by atoms with E-state index in [4.69, 9.17) is 26.6 Å². The summed E-state index contributed by atoms with van der Waals surface area (Å²) in [5.41, 5.74) is 29.6. The number of alkyl halides is 1. The molecule has 0 unspecified atom stereocenters. The molecule has 2 heterocycles. The van der Waals surface area contributed by atoms with Gasteiger partial charge < -0.3 is 64.4 Å². The smallest absolute Gasteiger partial charge is 1.00 e. The van der Waals surface area contributed by atoms with Crippen LogP contribution in [0.1, 0.15) is 345 Å². The molecule has 0 saturated heterocycles. The van der Waals surface area contributed by atoms with Crippen molar-refractivity contribution in [1.82, 2.24) is 10.6 Å². The minimum Gasteiger partial charge on any atom is -1.00 e. The first-order valence-electron chi connectivity index (χ1n) is 48.0. The van der Waals surface area contributed by atoms with E-state index in [0.717, 1.165) is 205 Å². The number of aliphatic imine (C=N–C) groups is 2. The number of halogens is 1. The fraction of sp³-hybridized carbons (Fsp3) is 0.580. The molecule has 140 heavy (non-hydrogen) atoms. The van der Waals surface area contributed by atoms with Crippen LogP contribution in [0.5, 0.6) is 40.2 Å². The molecule has 0 aliphatic carbocycles. The van der Waals surface area contributed by atoms with Crippen molar-refractivity contribution in [2.24, 2.45) is 37.7 Å². The molecule has 7 aromatic carbocycles. The summed E-state index contributed by atoms with van der Waals surface area (Å²) in [5.74, 6) is 14.3. The van der Waals surface area contributed by atoms with Crippen LogP contribution in [-0.4, -0.2) is 173 Å². The Morgan fingerprint density at radius 2 is 0.664 bits per heavy atom. The molecule has 9 rings (SSSR count). The maximum Gasteiger partial charge on any atom is 1.00 e. The van der Waals surface area contributed by atoms with Crippen molar-refractivity contribution in [3.05, 3.63) is 202 Å². The first-order valence-corrected chi connectivity index (χ1v) is 57.4. The summed E-state index contributed by atoms with van der Waals surface area (Å²) in [6.45, 7) is 63.8. The molecule has 0 aromatic heterocycles. The summed E-state index contributed by atoms with van der Waals surface area (Å²) in [4.78, 5) is 43.0. The summed E-state index contributed by atoms with van der Waals surface area (Å²) in [6.07, 6.45) is 10.1. The van der Waals surface area contributed by atoms with E-state index in [2.05, 4.69) is 273 Å². The second-order valence-corrected chi connectivity index (χ2v) is 53.2. The molecule has 14 N–H and O–H groups in total. The molecule has 8 bridgehead atoms. The van der Waals surface area contributed by atoms with Crippen LogP contribution in [-0.2, 0) is 90.8 Å². The van der Waals surface area contributed by atoms with Crippen LogP contribution in [0.3, 0.4) is 0 Å². The van der Waals surface area contributed by atoms with Crippen LogP contribution < -0.4 is 51.7 Å². The third-order valence-electron chi connectivity index (χ3n) is 23.3. The molecule has 0 amide bonds. The summed E-state index contributed by atoms with van der Waals surface area (Å²) in [6, 6.07) is 28.4. The molecule has 28 heteroatoms. The molecule has 777 valence electrons. The van der Waals surface area contributed by atoms with Gasteiger partial charge in [-0.25, -0.2) is 0 Å². The van der Waals surface area contributed by atoms with Gasteiger partial charge in [-0.15, -0.1) is 0 Å². The predicted molar refractivity (Wildman–Crippen MR) is 622 cm³/mol. The van der Waals surface area contributed by atoms with E-state index < -0.39 is 0 Å². The maximum absolute atomic E-state index is 11.4. The fourth-order valence-electron chi connectivity index (χ4n) is 13.6. The number of aromatic hydroxyl groups is 7. The molecular weight excluding hydrogens is 1980 g/mol. The number of nitrogens with two attached hydrogens (primary N) is 2. The van der Waals surface area contributed by atoms with Crippen LogP contribution >= 0.6 is 112 Å². The van der Waals surface area contributed by atoms with Crippen molar-refractivity contribution in [3.63, 3.8) is 0 Å². The van der Waals surface area contributed by atoms with Crippen molar-refractivity contribution in [1.29, 1.82) is 0 Å². The van der Waals surface area contributed by atoms with E-state index in [1.54, 1.807) is 41.7 Å². The number of nitrogens with one attached hydrogen (secondary N) is 2. The van der Waals surface area contributed by atoms with Crippen LogP contribution in [0.2, 0.25) is 0 Å². The van der Waals surface area contributed by atoms with Gasteiger partial charge in [-0.3, -0.25) is 24.4 Å². The van der Waals surface area contributed by atoms with E-state index in [1.165, 1.54) is 22.3 Å². The van der Waals surface area contributed by atoms with Crippen molar-refractivity contribution in [2.75, 3.05) is 92.4 Å². The largest absolute Gasteiger partial charge is 1.00 e. The van der Waals surface area contributed by atoms with Gasteiger partial charge in [0.2, 0.25) is 0 Å². The number of hydrogen-bond donors (Lipinski definition) is 14. The Kier molecular flexibility index (Phi) is 60.0. The molecule has 2 aliphatic heterocycles. The van der Waals surface area contributed by atoms with Crippen LogP contribution in [0, 0.1) is 16.2 Å². The number of aldehydes is 3. The van der Waals surface area contributed by atoms with Gasteiger partial charge in [0.15, 0.2) is 18.9 Å². The Hall–Kier alpha value is -4.37. The number of carbonyl (C=O) groups is 3. The predicted octanol–water partition coefficient (Wildman–Crippen LogP) is 23.4. The van der Waals surface area contributed by atoms with E-state index in [9.17, 15) is 50.1 Å². The topological polar surface area (TPSA) is 314 Å². The number of rotatable bonds is 16. The Labute approximate surface area is 915 Å². The Morgan fingerprint density at radius 1 is 0.400 bits per heavy atom. The summed E-state index contributed by atoms with van der Waals surface area (Å²) in [7, 11) is 1.00. The van der Waals surface area contributed by atoms with E-state index in [1.807, 2.05) is 91.5 Å². The summed E-state index contributed by atoms with van der Waals surface area (Å²) < 4.78 is 0. The molecule has 0 atom stereocenters. The number of thiol groups is 2. The minimum atomic E-state index is -0.167. The first kappa shape index (κ1) is 134. The van der Waals surface area contributed by atoms with Crippen LogP contribution in [0.4, 0.5) is 0 Å². The molecule has 0 fully saturated rings. The monoisotopic (exact) mass is 2150 g/mol. The van der Waals surface area contributed by atoms with Crippen molar-refractivity contribution in [2.45, 2.75) is 303 Å². The second-order valence-electron chi connectivity index (χ2n) is 45.1. The fourth-order valence-corrected chi connectivity index (χ4v) is 20.8. The van der Waals surface area contributed by atoms with Crippen molar-refractivity contribution >= 4 is 151 Å². The van der Waals surface area contributed by atoms with Gasteiger partial charge in [-0.05, 0) is 203 Å². The third kappa shape index (κ3) is 47.0. The van der Waals surface area contributed by atoms with Crippen LogP contribution in [0.25, 0.3) is 0 Å². The number of nitrogens with zero attached hydrogens (tertiary/aromatic N) is 2. The van der Waals surface area contributed by atoms with E-state index in [0.29, 0.717) is 102 Å². The molecule has 3 radical (unpaired) electrons. The van der Waals surface area contributed by atoms with Gasteiger partial charge in [-0.1, -0.05) is 257 Å². The first-order chi connectivity index (χ1) is 64.2. The van der Waals surface area contributed by atoms with Gasteiger partial charge in [0.05, 0.1) is 16.7 Å². The molecule has 7 aromatic rings. The number of phenolic OH excluding ortho intramolecular Hbond substituents is 7. The standard InChI is InChI=1S/C32H50N2O2S2.C32H46N2O2S2.C27H36O4S2.C12H15BrO2.C5H14N2.C3H8S2.CH4O.B.Na.H/c2*1-30(2,3)26-12-22-16-33-20-32(7,8)21-34-17-23-13-27(31(4,5)6)15-25(29(23)36)19-38-11-9-10-37-18-24(14-26)28(22)35;1-26(2,3)22-10-18(14-28)24(30)20(12-22)16-32-8-7-9-33-17-21-13-23(27(4,5)6)11-19(15-29)25(21)31;1-12(2,3)10-4-8(6-13)11(15)9(5-10)7-14;1-5(2,3-6)4-7;4-2-1-3-5;1-2;;;/h12-15,33-36H,9-11,16-21H2,1-8H3;12-17,35-36H,9-11,18-21H2,1-8H3;10-15,30-31H,7-9,16-17H2,1-6H3;4-5,7,15H,6H2,1-3H3;3-4,6-7H2,1-2H3;4-5H,1-3H2;2H,1H3;;;/q;;;;;;;;+1;-1. The number of carbonyl (C=O) groups excluding carboxylic acids is 3. The van der Waals surface area contributed by atoms with Crippen LogP contribution in [0.15, 0.2) is 94.9 Å². The van der Waals surface area contributed by atoms with Crippen molar-refractivity contribution < 1.29 is 86.2 Å². The zero-order valence-corrected chi connectivity index (χ0v) is 100. The number of hydrogen-bond acceptors (Lipinski definition) is 25. The molecule has 2 aliphatic rings. The Bertz CT molecular complexity index is 4770. The SMILES string of the molecule is CC(C)(C)c1cc(C=O)c(O)c(CBr)c1.CC(C)(C)c1cc(C=O)c(O)c(CSCCCSCc2cc(C(C)(C)C)cc(C=O)c2O)c1.CC(C)(CN)CN.CC1(C)CN=Cc2cc(C(C)(C)C)cc(c2O)CSCCCSCc2cc(C(C)(C)C)cc(c2O)C=NC1.CC1(C)CNCc2cc(C(C)(C)C)cc(c2O)CSCCCSCc2cc(C(C)(C)C)cc(c2O)CNC1.CO.SCCCS.[B].[H-].[Na+]. The number of phenols is 7. The molecular formula is C112H174BBrN6NaO11S8. The molecule has 17 nitrogen and oxygen atoms in total.